The maximum atomic E-state index is 12.0. The number of nitrogens with zero attached hydrogens (tertiary/aromatic N) is 1. The van der Waals surface area contributed by atoms with Gasteiger partial charge in [-0.15, -0.1) is 0 Å². The summed E-state index contributed by atoms with van der Waals surface area (Å²) in [6.07, 6.45) is 0. The fourth-order valence-corrected chi connectivity index (χ4v) is 1.50. The Kier molecular flexibility index (Phi) is 4.53. The quantitative estimate of drug-likeness (QED) is 0.815. The normalized spacial score (nSPS) is 9.72. The van der Waals surface area contributed by atoms with E-state index in [1.54, 1.807) is 18.2 Å². The number of primary amides is 1. The van der Waals surface area contributed by atoms with Crippen LogP contribution in [-0.2, 0) is 4.79 Å². The number of methoxy groups -OCH3 is 2. The third-order valence-corrected chi connectivity index (χ3v) is 2.37. The lowest BCUT2D eigenvalue weighted by atomic mass is 10.1. The van der Waals surface area contributed by atoms with E-state index in [4.69, 9.17) is 15.2 Å². The van der Waals surface area contributed by atoms with Gasteiger partial charge in [0, 0.05) is 12.6 Å². The van der Waals surface area contributed by atoms with E-state index in [1.165, 1.54) is 26.2 Å². The lowest BCUT2D eigenvalue weighted by Gasteiger charge is -2.16. The summed E-state index contributed by atoms with van der Waals surface area (Å²) in [4.78, 5) is 24.0. The van der Waals surface area contributed by atoms with Gasteiger partial charge in [0.15, 0.2) is 11.5 Å². The first-order valence-corrected chi connectivity index (χ1v) is 5.25. The molecule has 0 bridgehead atoms. The Morgan fingerprint density at radius 1 is 1.22 bits per heavy atom. The van der Waals surface area contributed by atoms with Crippen LogP contribution in [0.4, 0.5) is 0 Å². The molecule has 0 atom stereocenters. The van der Waals surface area contributed by atoms with Gasteiger partial charge in [-0.25, -0.2) is 0 Å². The Morgan fingerprint density at radius 2 is 1.83 bits per heavy atom. The average molecular weight is 252 g/mol. The summed E-state index contributed by atoms with van der Waals surface area (Å²) in [5.41, 5.74) is 5.43. The highest BCUT2D eigenvalue weighted by Crippen LogP contribution is 2.27. The Balaban J connectivity index is 2.96. The average Bonchev–Trinajstić information content (AvgIpc) is 2.36. The molecule has 6 heteroatoms. The van der Waals surface area contributed by atoms with Gasteiger partial charge in [-0.1, -0.05) is 0 Å². The fraction of sp³-hybridized carbons (Fsp3) is 0.333. The third-order valence-electron chi connectivity index (χ3n) is 2.37. The smallest absolute Gasteiger partial charge is 0.254 e. The van der Waals surface area contributed by atoms with E-state index in [0.29, 0.717) is 17.1 Å². The Labute approximate surface area is 105 Å². The van der Waals surface area contributed by atoms with Crippen molar-refractivity contribution in [3.05, 3.63) is 23.8 Å². The summed E-state index contributed by atoms with van der Waals surface area (Å²) in [5, 5.41) is 0. The highest BCUT2D eigenvalue weighted by Gasteiger charge is 2.15. The lowest BCUT2D eigenvalue weighted by Crippen LogP contribution is -2.35. The molecule has 0 aliphatic carbocycles. The molecule has 0 unspecified atom stereocenters. The second kappa shape index (κ2) is 5.90. The van der Waals surface area contributed by atoms with E-state index in [0.717, 1.165) is 0 Å². The summed E-state index contributed by atoms with van der Waals surface area (Å²) >= 11 is 0. The van der Waals surface area contributed by atoms with E-state index in [1.807, 2.05) is 0 Å². The number of carbonyl (C=O) groups excluding carboxylic acids is 2. The predicted molar refractivity (Wildman–Crippen MR) is 65.7 cm³/mol. The molecule has 0 aliphatic heterocycles. The van der Waals surface area contributed by atoms with Crippen molar-refractivity contribution in [1.82, 2.24) is 4.90 Å². The van der Waals surface area contributed by atoms with Crippen LogP contribution >= 0.6 is 0 Å². The monoisotopic (exact) mass is 252 g/mol. The maximum Gasteiger partial charge on any atom is 0.254 e. The van der Waals surface area contributed by atoms with Crippen LogP contribution in [0.3, 0.4) is 0 Å². The van der Waals surface area contributed by atoms with Crippen LogP contribution in [0.25, 0.3) is 0 Å². The molecule has 0 aliphatic rings. The zero-order valence-electron chi connectivity index (χ0n) is 10.6. The van der Waals surface area contributed by atoms with Gasteiger partial charge in [0.05, 0.1) is 20.8 Å². The first-order valence-electron chi connectivity index (χ1n) is 5.25. The summed E-state index contributed by atoms with van der Waals surface area (Å²) < 4.78 is 10.2. The van der Waals surface area contributed by atoms with Crippen LogP contribution < -0.4 is 15.2 Å². The molecule has 0 heterocycles. The minimum absolute atomic E-state index is 0.132. The van der Waals surface area contributed by atoms with Crippen molar-refractivity contribution in [2.24, 2.45) is 5.73 Å². The van der Waals surface area contributed by atoms with Gasteiger partial charge in [0.25, 0.3) is 5.91 Å². The van der Waals surface area contributed by atoms with Crippen LogP contribution in [0.15, 0.2) is 18.2 Å². The van der Waals surface area contributed by atoms with Gasteiger partial charge in [-0.3, -0.25) is 9.59 Å². The summed E-state index contributed by atoms with van der Waals surface area (Å²) in [5.74, 6) is 0.114. The first-order chi connectivity index (χ1) is 8.49. The highest BCUT2D eigenvalue weighted by molar-refractivity contribution is 5.96. The van der Waals surface area contributed by atoms with E-state index in [2.05, 4.69) is 0 Å². The van der Waals surface area contributed by atoms with Crippen molar-refractivity contribution in [2.75, 3.05) is 27.8 Å². The lowest BCUT2D eigenvalue weighted by molar-refractivity contribution is -0.118. The van der Waals surface area contributed by atoms with Crippen LogP contribution in [0.2, 0.25) is 0 Å². The minimum Gasteiger partial charge on any atom is -0.493 e. The maximum absolute atomic E-state index is 12.0. The Bertz CT molecular complexity index is 459. The van der Waals surface area contributed by atoms with E-state index in [-0.39, 0.29) is 12.5 Å². The number of ether oxygens (including phenoxy) is 2. The Morgan fingerprint density at radius 3 is 2.33 bits per heavy atom. The zero-order valence-corrected chi connectivity index (χ0v) is 10.6. The molecule has 1 aromatic carbocycles. The van der Waals surface area contributed by atoms with Crippen LogP contribution in [0.5, 0.6) is 11.5 Å². The van der Waals surface area contributed by atoms with E-state index < -0.39 is 5.91 Å². The fourth-order valence-electron chi connectivity index (χ4n) is 1.50. The van der Waals surface area contributed by atoms with E-state index in [9.17, 15) is 9.59 Å². The molecule has 98 valence electrons. The van der Waals surface area contributed by atoms with Crippen molar-refractivity contribution >= 4 is 11.8 Å². The molecule has 0 radical (unpaired) electrons. The molecule has 6 nitrogen and oxygen atoms in total. The zero-order chi connectivity index (χ0) is 13.7. The van der Waals surface area contributed by atoms with Crippen molar-refractivity contribution in [3.8, 4) is 11.5 Å². The molecule has 0 saturated heterocycles. The van der Waals surface area contributed by atoms with Gasteiger partial charge < -0.3 is 20.1 Å². The number of hydrogen-bond donors (Lipinski definition) is 1. The molecule has 0 aromatic heterocycles. The SMILES string of the molecule is COc1ccc(C(=O)N(C)CC(N)=O)cc1OC. The van der Waals surface area contributed by atoms with Crippen LogP contribution in [-0.4, -0.2) is 44.5 Å². The number of nitrogens with two attached hydrogens (primary N) is 1. The molecule has 0 saturated carbocycles. The first kappa shape index (κ1) is 13.8. The van der Waals surface area contributed by atoms with Gasteiger partial charge in [0.2, 0.25) is 5.91 Å². The van der Waals surface area contributed by atoms with Gasteiger partial charge >= 0.3 is 0 Å². The Hall–Kier alpha value is -2.24. The van der Waals surface area contributed by atoms with Crippen molar-refractivity contribution in [3.63, 3.8) is 0 Å². The molecule has 0 spiro atoms. The van der Waals surface area contributed by atoms with Crippen LogP contribution in [0, 0.1) is 0 Å². The third kappa shape index (κ3) is 3.13. The summed E-state index contributed by atoms with van der Waals surface area (Å²) in [7, 11) is 4.50. The molecule has 18 heavy (non-hydrogen) atoms. The molecular weight excluding hydrogens is 236 g/mol. The summed E-state index contributed by atoms with van der Waals surface area (Å²) in [6, 6.07) is 4.78. The van der Waals surface area contributed by atoms with Gasteiger partial charge in [-0.05, 0) is 18.2 Å². The summed E-state index contributed by atoms with van der Waals surface area (Å²) in [6.45, 7) is -0.132. The molecule has 1 rings (SSSR count). The van der Waals surface area contributed by atoms with E-state index >= 15 is 0 Å². The number of hydrogen-bond acceptors (Lipinski definition) is 4. The van der Waals surface area contributed by atoms with Gasteiger partial charge in [0.1, 0.15) is 0 Å². The van der Waals surface area contributed by atoms with Crippen molar-refractivity contribution < 1.29 is 19.1 Å². The number of carbonyl (C=O) groups is 2. The minimum atomic E-state index is -0.564. The molecular formula is C12H16N2O4. The molecule has 2 amide bonds. The largest absolute Gasteiger partial charge is 0.493 e. The second-order valence-electron chi connectivity index (χ2n) is 3.70. The molecule has 1 aromatic rings. The number of amides is 2. The second-order valence-corrected chi connectivity index (χ2v) is 3.70. The van der Waals surface area contributed by atoms with Crippen molar-refractivity contribution in [1.29, 1.82) is 0 Å². The number of benzene rings is 1. The van der Waals surface area contributed by atoms with Crippen LogP contribution in [0.1, 0.15) is 10.4 Å². The van der Waals surface area contributed by atoms with Crippen molar-refractivity contribution in [2.45, 2.75) is 0 Å². The topological polar surface area (TPSA) is 81.9 Å². The molecule has 0 fully saturated rings. The van der Waals surface area contributed by atoms with Gasteiger partial charge in [-0.2, -0.15) is 0 Å². The number of rotatable bonds is 5. The highest BCUT2D eigenvalue weighted by atomic mass is 16.5. The standard InChI is InChI=1S/C12H16N2O4/c1-14(7-11(13)15)12(16)8-4-5-9(17-2)10(6-8)18-3/h4-6H,7H2,1-3H3,(H2,13,15). The predicted octanol–water partition coefficient (Wildman–Crippen LogP) is 0.261. The number of likely N-dealkylation sites (N-methyl/N-ethyl adjacent to an activating group) is 1. The molecule has 2 N–H and O–H groups in total.